The zero-order chi connectivity index (χ0) is 6.97. The Balaban J connectivity index is 2.45. The van der Waals surface area contributed by atoms with Gasteiger partial charge in [-0.1, -0.05) is 0 Å². The molecular weight excluding hydrogens is 126 g/mol. The minimum Gasteiger partial charge on any atom is -0.311 e. The van der Waals surface area contributed by atoms with E-state index in [1.807, 2.05) is 17.9 Å². The Labute approximate surface area is 60.0 Å². The molecular formula is C7H11N3. The minimum absolute atomic E-state index is 0.978. The van der Waals surface area contributed by atoms with Crippen molar-refractivity contribution in [3.63, 3.8) is 0 Å². The van der Waals surface area contributed by atoms with Crippen molar-refractivity contribution < 1.29 is 0 Å². The summed E-state index contributed by atoms with van der Waals surface area (Å²) in [7, 11) is 1.99. The van der Waals surface area contributed by atoms with Crippen LogP contribution in [0.15, 0.2) is 6.20 Å². The van der Waals surface area contributed by atoms with Crippen molar-refractivity contribution >= 4 is 0 Å². The summed E-state index contributed by atoms with van der Waals surface area (Å²) in [4.78, 5) is 0. The van der Waals surface area contributed by atoms with Gasteiger partial charge in [-0.3, -0.25) is 4.68 Å². The fraction of sp³-hybridized carbons (Fsp3) is 0.571. The number of rotatable bonds is 0. The molecule has 10 heavy (non-hydrogen) atoms. The first-order valence-corrected chi connectivity index (χ1v) is 3.58. The molecule has 1 aromatic rings. The fourth-order valence-electron chi connectivity index (χ4n) is 1.37. The Bertz CT molecular complexity index is 239. The summed E-state index contributed by atoms with van der Waals surface area (Å²) in [6.07, 6.45) is 3.10. The van der Waals surface area contributed by atoms with Gasteiger partial charge in [0.1, 0.15) is 0 Å². The molecule has 0 saturated heterocycles. The van der Waals surface area contributed by atoms with E-state index in [9.17, 15) is 0 Å². The maximum absolute atomic E-state index is 4.17. The monoisotopic (exact) mass is 137 g/mol. The first-order chi connectivity index (χ1) is 4.88. The van der Waals surface area contributed by atoms with Crippen LogP contribution in [-0.4, -0.2) is 16.3 Å². The number of aromatic nitrogens is 2. The van der Waals surface area contributed by atoms with Crippen molar-refractivity contribution in [2.75, 3.05) is 6.54 Å². The molecule has 0 spiro atoms. The van der Waals surface area contributed by atoms with E-state index in [-0.39, 0.29) is 0 Å². The lowest BCUT2D eigenvalue weighted by Crippen LogP contribution is -2.24. The molecule has 1 aliphatic rings. The molecule has 0 radical (unpaired) electrons. The van der Waals surface area contributed by atoms with Gasteiger partial charge in [0.15, 0.2) is 0 Å². The average molecular weight is 137 g/mol. The van der Waals surface area contributed by atoms with Crippen molar-refractivity contribution in [1.29, 1.82) is 0 Å². The van der Waals surface area contributed by atoms with E-state index in [0.29, 0.717) is 0 Å². The lowest BCUT2D eigenvalue weighted by atomic mass is 10.1. The molecule has 54 valence electrons. The molecule has 1 aromatic heterocycles. The predicted octanol–water partition coefficient (Wildman–Crippen LogP) is 0.0658. The molecule has 2 heterocycles. The van der Waals surface area contributed by atoms with Gasteiger partial charge in [-0.25, -0.2) is 0 Å². The van der Waals surface area contributed by atoms with Crippen LogP contribution >= 0.6 is 0 Å². The number of fused-ring (bicyclic) bond motifs is 1. The Morgan fingerprint density at radius 1 is 1.70 bits per heavy atom. The highest BCUT2D eigenvalue weighted by molar-refractivity contribution is 5.19. The first-order valence-electron chi connectivity index (χ1n) is 3.58. The topological polar surface area (TPSA) is 29.9 Å². The van der Waals surface area contributed by atoms with Crippen LogP contribution < -0.4 is 5.32 Å². The summed E-state index contributed by atoms with van der Waals surface area (Å²) < 4.78 is 1.95. The Morgan fingerprint density at radius 2 is 2.60 bits per heavy atom. The van der Waals surface area contributed by atoms with Gasteiger partial charge in [-0.2, -0.15) is 5.10 Å². The van der Waals surface area contributed by atoms with Gasteiger partial charge >= 0.3 is 0 Å². The van der Waals surface area contributed by atoms with Gasteiger partial charge in [0, 0.05) is 13.6 Å². The van der Waals surface area contributed by atoms with Gasteiger partial charge in [0.2, 0.25) is 0 Å². The second kappa shape index (κ2) is 2.09. The molecule has 0 amide bonds. The van der Waals surface area contributed by atoms with Crippen LogP contribution in [0.4, 0.5) is 0 Å². The largest absolute Gasteiger partial charge is 0.311 e. The van der Waals surface area contributed by atoms with Crippen LogP contribution in [0.5, 0.6) is 0 Å². The minimum atomic E-state index is 0.978. The molecule has 0 atom stereocenters. The van der Waals surface area contributed by atoms with Gasteiger partial charge in [0.05, 0.1) is 11.9 Å². The number of aryl methyl sites for hydroxylation is 1. The maximum Gasteiger partial charge on any atom is 0.0551 e. The molecule has 2 rings (SSSR count). The zero-order valence-corrected chi connectivity index (χ0v) is 6.09. The standard InChI is InChI=1S/C7H11N3/c1-10-7-5-8-3-2-6(7)4-9-10/h4,8H,2-3,5H2,1H3. The summed E-state index contributed by atoms with van der Waals surface area (Å²) in [5, 5.41) is 7.48. The molecule has 3 heteroatoms. The van der Waals surface area contributed by atoms with Crippen LogP contribution in [0.25, 0.3) is 0 Å². The van der Waals surface area contributed by atoms with Crippen molar-refractivity contribution in [3.8, 4) is 0 Å². The van der Waals surface area contributed by atoms with Crippen molar-refractivity contribution in [1.82, 2.24) is 15.1 Å². The van der Waals surface area contributed by atoms with E-state index >= 15 is 0 Å². The third kappa shape index (κ3) is 0.743. The molecule has 0 fully saturated rings. The molecule has 0 saturated carbocycles. The lowest BCUT2D eigenvalue weighted by molar-refractivity contribution is 0.593. The van der Waals surface area contributed by atoms with Gasteiger partial charge < -0.3 is 5.32 Å². The molecule has 1 N–H and O–H groups in total. The van der Waals surface area contributed by atoms with Crippen molar-refractivity contribution in [3.05, 3.63) is 17.5 Å². The Morgan fingerprint density at radius 3 is 3.40 bits per heavy atom. The van der Waals surface area contributed by atoms with Crippen molar-refractivity contribution in [2.24, 2.45) is 7.05 Å². The quantitative estimate of drug-likeness (QED) is 0.548. The number of hydrogen-bond donors (Lipinski definition) is 1. The summed E-state index contributed by atoms with van der Waals surface area (Å²) in [6, 6.07) is 0. The SMILES string of the molecule is Cn1ncc2c1CNCC2. The van der Waals surface area contributed by atoms with E-state index in [1.165, 1.54) is 11.3 Å². The third-order valence-electron chi connectivity index (χ3n) is 2.01. The molecule has 0 unspecified atom stereocenters. The molecule has 3 nitrogen and oxygen atoms in total. The Hall–Kier alpha value is -0.830. The lowest BCUT2D eigenvalue weighted by Gasteiger charge is -2.12. The summed E-state index contributed by atoms with van der Waals surface area (Å²) in [6.45, 7) is 2.07. The van der Waals surface area contributed by atoms with Crippen LogP contribution in [-0.2, 0) is 20.0 Å². The maximum atomic E-state index is 4.17. The summed E-state index contributed by atoms with van der Waals surface area (Å²) >= 11 is 0. The second-order valence-corrected chi connectivity index (χ2v) is 2.67. The van der Waals surface area contributed by atoms with Crippen LogP contribution in [0.2, 0.25) is 0 Å². The third-order valence-corrected chi connectivity index (χ3v) is 2.01. The molecule has 0 aromatic carbocycles. The molecule has 0 aliphatic carbocycles. The van der Waals surface area contributed by atoms with Crippen LogP contribution in [0.3, 0.4) is 0 Å². The van der Waals surface area contributed by atoms with E-state index in [1.54, 1.807) is 0 Å². The van der Waals surface area contributed by atoms with E-state index in [0.717, 1.165) is 19.5 Å². The highest BCUT2D eigenvalue weighted by atomic mass is 15.3. The molecule has 0 bridgehead atoms. The zero-order valence-electron chi connectivity index (χ0n) is 6.09. The van der Waals surface area contributed by atoms with Gasteiger partial charge in [0.25, 0.3) is 0 Å². The van der Waals surface area contributed by atoms with Gasteiger partial charge in [-0.05, 0) is 18.5 Å². The van der Waals surface area contributed by atoms with Crippen molar-refractivity contribution in [2.45, 2.75) is 13.0 Å². The highest BCUT2D eigenvalue weighted by Crippen LogP contribution is 2.10. The molecule has 1 aliphatic heterocycles. The van der Waals surface area contributed by atoms with E-state index in [2.05, 4.69) is 10.4 Å². The predicted molar refractivity (Wildman–Crippen MR) is 38.6 cm³/mol. The number of nitrogens with one attached hydrogen (secondary N) is 1. The average Bonchev–Trinajstić information content (AvgIpc) is 2.34. The Kier molecular flexibility index (Phi) is 1.24. The van der Waals surface area contributed by atoms with Crippen LogP contribution in [0, 0.1) is 0 Å². The fourth-order valence-corrected chi connectivity index (χ4v) is 1.37. The summed E-state index contributed by atoms with van der Waals surface area (Å²) in [5.74, 6) is 0. The number of hydrogen-bond acceptors (Lipinski definition) is 2. The number of nitrogens with zero attached hydrogens (tertiary/aromatic N) is 2. The smallest absolute Gasteiger partial charge is 0.0551 e. The second-order valence-electron chi connectivity index (χ2n) is 2.67. The van der Waals surface area contributed by atoms with E-state index < -0.39 is 0 Å². The normalized spacial score (nSPS) is 16.9. The van der Waals surface area contributed by atoms with Gasteiger partial charge in [-0.15, -0.1) is 0 Å². The van der Waals surface area contributed by atoms with E-state index in [4.69, 9.17) is 0 Å². The van der Waals surface area contributed by atoms with Crippen LogP contribution in [0.1, 0.15) is 11.3 Å². The highest BCUT2D eigenvalue weighted by Gasteiger charge is 2.11. The summed E-state index contributed by atoms with van der Waals surface area (Å²) in [5.41, 5.74) is 2.74. The first kappa shape index (κ1) is 5.92.